The average molecular weight is 584 g/mol. The van der Waals surface area contributed by atoms with E-state index in [2.05, 4.69) is 10.4 Å². The van der Waals surface area contributed by atoms with Gasteiger partial charge in [-0.15, -0.1) is 0 Å². The molecule has 0 saturated heterocycles. The first kappa shape index (κ1) is 22.7. The number of nitrogens with zero attached hydrogens (tertiary/aromatic N) is 3. The molecule has 0 aliphatic heterocycles. The second-order valence-electron chi connectivity index (χ2n) is 7.43. The number of amides is 1. The molecule has 1 amide bonds. The molecule has 0 unspecified atom stereocenters. The van der Waals surface area contributed by atoms with Crippen molar-refractivity contribution in [2.24, 2.45) is 0 Å². The van der Waals surface area contributed by atoms with Crippen LogP contribution >= 0.6 is 22.6 Å². The van der Waals surface area contributed by atoms with Crippen molar-refractivity contribution < 1.29 is 18.3 Å². The molecule has 7 nitrogen and oxygen atoms in total. The number of carbonyl (C=O) groups excluding carboxylic acids is 1. The van der Waals surface area contributed by atoms with Gasteiger partial charge in [-0.1, -0.05) is 0 Å². The second kappa shape index (κ2) is 9.29. The van der Waals surface area contributed by atoms with Crippen molar-refractivity contribution in [1.82, 2.24) is 14.2 Å². The molecule has 3 heterocycles. The lowest BCUT2D eigenvalue weighted by atomic mass is 10.2. The molecule has 0 spiro atoms. The number of halogens is 3. The minimum absolute atomic E-state index is 0.0368. The molecule has 5 aromatic rings. The Kier molecular flexibility index (Phi) is 6.03. The van der Waals surface area contributed by atoms with Crippen molar-refractivity contribution in [1.29, 1.82) is 0 Å². The molecule has 35 heavy (non-hydrogen) atoms. The predicted molar refractivity (Wildman–Crippen MR) is 134 cm³/mol. The summed E-state index contributed by atoms with van der Waals surface area (Å²) in [5.74, 6) is -1.46. The van der Waals surface area contributed by atoms with E-state index < -0.39 is 23.1 Å². The number of hydrogen-bond acceptors (Lipinski definition) is 4. The molecule has 2 aromatic carbocycles. The van der Waals surface area contributed by atoms with E-state index in [1.54, 1.807) is 41.2 Å². The summed E-state index contributed by atoms with van der Waals surface area (Å²) in [6.07, 6.45) is 4.85. The van der Waals surface area contributed by atoms with Gasteiger partial charge in [-0.05, 0) is 83.3 Å². The average Bonchev–Trinajstić information content (AvgIpc) is 3.32. The van der Waals surface area contributed by atoms with Gasteiger partial charge in [0.2, 0.25) is 0 Å². The van der Waals surface area contributed by atoms with Gasteiger partial charge in [0.15, 0.2) is 17.3 Å². The minimum atomic E-state index is -0.701. The standard InChI is InChI=1S/C25H15F2IN4O3/c26-15-3-6-17(7-4-15)31-13-10-19(28)23(25(31)34)24(33)30-16-5-8-21(18(27)14-16)35-22-2-1-12-32-20(22)9-11-29-32/h1-14H,(H,30,33). The second-order valence-corrected chi connectivity index (χ2v) is 8.59. The number of carbonyl (C=O) groups is 1. The monoisotopic (exact) mass is 584 g/mol. The van der Waals surface area contributed by atoms with Gasteiger partial charge in [-0.3, -0.25) is 14.2 Å². The largest absolute Gasteiger partial charge is 0.452 e. The zero-order valence-corrected chi connectivity index (χ0v) is 19.9. The van der Waals surface area contributed by atoms with Crippen LogP contribution in [0.1, 0.15) is 10.4 Å². The predicted octanol–water partition coefficient (Wildman–Crippen LogP) is 5.41. The molecule has 0 radical (unpaired) electrons. The number of rotatable bonds is 5. The highest BCUT2D eigenvalue weighted by Gasteiger charge is 2.19. The van der Waals surface area contributed by atoms with Crippen LogP contribution in [-0.2, 0) is 0 Å². The lowest BCUT2D eigenvalue weighted by Crippen LogP contribution is -2.29. The van der Waals surface area contributed by atoms with Gasteiger partial charge >= 0.3 is 0 Å². The van der Waals surface area contributed by atoms with E-state index in [9.17, 15) is 18.4 Å². The molecule has 174 valence electrons. The van der Waals surface area contributed by atoms with Crippen molar-refractivity contribution >= 4 is 39.7 Å². The Morgan fingerprint density at radius 3 is 2.54 bits per heavy atom. The van der Waals surface area contributed by atoms with E-state index in [0.717, 1.165) is 6.07 Å². The van der Waals surface area contributed by atoms with Crippen LogP contribution in [0.25, 0.3) is 11.2 Å². The van der Waals surface area contributed by atoms with Crippen LogP contribution in [0, 0.1) is 15.2 Å². The van der Waals surface area contributed by atoms with Crippen molar-refractivity contribution in [2.45, 2.75) is 0 Å². The van der Waals surface area contributed by atoms with Crippen LogP contribution in [0.15, 0.2) is 90.1 Å². The summed E-state index contributed by atoms with van der Waals surface area (Å²) >= 11 is 1.88. The van der Waals surface area contributed by atoms with Crippen molar-refractivity contribution in [3.8, 4) is 17.2 Å². The fourth-order valence-electron chi connectivity index (χ4n) is 3.51. The lowest BCUT2D eigenvalue weighted by Gasteiger charge is -2.12. The molecule has 0 aliphatic carbocycles. The Bertz CT molecular complexity index is 1630. The van der Waals surface area contributed by atoms with Gasteiger partial charge in [0.05, 0.1) is 6.20 Å². The maximum absolute atomic E-state index is 14.8. The van der Waals surface area contributed by atoms with Gasteiger partial charge in [0.1, 0.15) is 16.9 Å². The Labute approximate surface area is 210 Å². The molecular weight excluding hydrogens is 569 g/mol. The summed E-state index contributed by atoms with van der Waals surface area (Å²) in [5.41, 5.74) is 0.513. The fraction of sp³-hybridized carbons (Fsp3) is 0. The topological polar surface area (TPSA) is 77.6 Å². The smallest absolute Gasteiger partial charge is 0.269 e. The molecule has 0 atom stereocenters. The van der Waals surface area contributed by atoms with E-state index in [1.165, 1.54) is 47.2 Å². The first-order valence-corrected chi connectivity index (χ1v) is 11.4. The Hall–Kier alpha value is -4.06. The number of pyridine rings is 2. The molecular formula is C25H15F2IN4O3. The SMILES string of the molecule is O=C(Nc1ccc(Oc2cccn3nccc23)c(F)c1)c1c(I)ccn(-c2ccc(F)cc2)c1=O. The van der Waals surface area contributed by atoms with Gasteiger partial charge in [0, 0.05) is 33.4 Å². The van der Waals surface area contributed by atoms with E-state index in [1.807, 2.05) is 22.6 Å². The summed E-state index contributed by atoms with van der Waals surface area (Å²) in [6, 6.07) is 16.0. The third-order valence-electron chi connectivity index (χ3n) is 5.18. The highest BCUT2D eigenvalue weighted by atomic mass is 127. The summed E-state index contributed by atoms with van der Waals surface area (Å²) in [5, 5.41) is 6.67. The van der Waals surface area contributed by atoms with Crippen molar-refractivity contribution in [2.75, 3.05) is 5.32 Å². The van der Waals surface area contributed by atoms with E-state index in [0.29, 0.717) is 20.5 Å². The third kappa shape index (κ3) is 4.52. The normalized spacial score (nSPS) is 10.9. The van der Waals surface area contributed by atoms with Crippen LogP contribution in [0.3, 0.4) is 0 Å². The molecule has 3 aromatic heterocycles. The Balaban J connectivity index is 1.40. The minimum Gasteiger partial charge on any atom is -0.452 e. The first-order valence-electron chi connectivity index (χ1n) is 10.3. The van der Waals surface area contributed by atoms with Gasteiger partial charge < -0.3 is 10.1 Å². The molecule has 5 rings (SSSR count). The third-order valence-corrected chi connectivity index (χ3v) is 6.08. The molecule has 0 aliphatic rings. The van der Waals surface area contributed by atoms with Crippen LogP contribution < -0.4 is 15.6 Å². The van der Waals surface area contributed by atoms with E-state index in [-0.39, 0.29) is 17.0 Å². The van der Waals surface area contributed by atoms with Crippen LogP contribution in [0.5, 0.6) is 11.5 Å². The Morgan fingerprint density at radius 2 is 1.77 bits per heavy atom. The van der Waals surface area contributed by atoms with Crippen molar-refractivity contribution in [3.05, 3.63) is 116 Å². The molecule has 10 heteroatoms. The highest BCUT2D eigenvalue weighted by molar-refractivity contribution is 14.1. The molecule has 1 N–H and O–H groups in total. The maximum Gasteiger partial charge on any atom is 0.269 e. The summed E-state index contributed by atoms with van der Waals surface area (Å²) < 4.78 is 37.0. The lowest BCUT2D eigenvalue weighted by molar-refractivity contribution is 0.102. The number of ether oxygens (including phenoxy) is 1. The summed E-state index contributed by atoms with van der Waals surface area (Å²) in [7, 11) is 0. The van der Waals surface area contributed by atoms with Crippen molar-refractivity contribution in [3.63, 3.8) is 0 Å². The summed E-state index contributed by atoms with van der Waals surface area (Å²) in [6.45, 7) is 0. The van der Waals surface area contributed by atoms with E-state index >= 15 is 0 Å². The summed E-state index contributed by atoms with van der Waals surface area (Å²) in [4.78, 5) is 26.0. The van der Waals surface area contributed by atoms with E-state index in [4.69, 9.17) is 4.74 Å². The maximum atomic E-state index is 14.8. The van der Waals surface area contributed by atoms with Crippen LogP contribution in [-0.4, -0.2) is 20.1 Å². The molecule has 0 bridgehead atoms. The molecule has 0 fully saturated rings. The van der Waals surface area contributed by atoms with Gasteiger partial charge in [-0.2, -0.15) is 5.10 Å². The van der Waals surface area contributed by atoms with Crippen LogP contribution in [0.2, 0.25) is 0 Å². The quantitative estimate of drug-likeness (QED) is 0.281. The zero-order valence-electron chi connectivity index (χ0n) is 17.8. The zero-order chi connectivity index (χ0) is 24.5. The number of hydrogen-bond donors (Lipinski definition) is 1. The fourth-order valence-corrected chi connectivity index (χ4v) is 4.15. The number of aromatic nitrogens is 3. The number of nitrogens with one attached hydrogen (secondary N) is 1. The molecule has 0 saturated carbocycles. The first-order chi connectivity index (χ1) is 16.9. The number of benzene rings is 2. The van der Waals surface area contributed by atoms with Crippen LogP contribution in [0.4, 0.5) is 14.5 Å². The number of anilines is 1. The van der Waals surface area contributed by atoms with Gasteiger partial charge in [0.25, 0.3) is 11.5 Å². The van der Waals surface area contributed by atoms with Gasteiger partial charge in [-0.25, -0.2) is 13.3 Å². The highest BCUT2D eigenvalue weighted by Crippen LogP contribution is 2.29. The number of fused-ring (bicyclic) bond motifs is 1. The Morgan fingerprint density at radius 1 is 0.971 bits per heavy atom.